The summed E-state index contributed by atoms with van der Waals surface area (Å²) in [6.07, 6.45) is -4.29. The zero-order valence-corrected chi connectivity index (χ0v) is 10.6. The van der Waals surface area contributed by atoms with E-state index < -0.39 is 11.0 Å². The van der Waals surface area contributed by atoms with Crippen LogP contribution in [0.5, 0.6) is 0 Å². The summed E-state index contributed by atoms with van der Waals surface area (Å²) in [5, 5.41) is 0.297. The highest BCUT2D eigenvalue weighted by atomic mass is 79.9. The van der Waals surface area contributed by atoms with Crippen LogP contribution in [-0.4, -0.2) is 6.18 Å². The van der Waals surface area contributed by atoms with E-state index in [1.165, 1.54) is 24.3 Å². The summed E-state index contributed by atoms with van der Waals surface area (Å²) in [6.45, 7) is 4.00. The topological polar surface area (TPSA) is 0 Å². The molecule has 0 nitrogen and oxygen atoms in total. The lowest BCUT2D eigenvalue weighted by Crippen LogP contribution is -2.14. The van der Waals surface area contributed by atoms with Crippen molar-refractivity contribution in [2.45, 2.75) is 24.9 Å². The van der Waals surface area contributed by atoms with Gasteiger partial charge in [-0.15, -0.1) is 0 Å². The van der Waals surface area contributed by atoms with Crippen LogP contribution in [0.15, 0.2) is 24.3 Å². The van der Waals surface area contributed by atoms with Crippen LogP contribution >= 0.6 is 27.5 Å². The molecule has 0 amide bonds. The van der Waals surface area contributed by atoms with E-state index in [1.807, 2.05) is 13.8 Å². The van der Waals surface area contributed by atoms with Crippen LogP contribution < -0.4 is 0 Å². The fraction of sp³-hybridized carbons (Fsp3) is 0.400. The molecule has 15 heavy (non-hydrogen) atoms. The fourth-order valence-electron chi connectivity index (χ4n) is 0.853. The molecular weight excluding hydrogens is 292 g/mol. The summed E-state index contributed by atoms with van der Waals surface area (Å²) in [5.74, 6) is 0. The highest BCUT2D eigenvalue weighted by Crippen LogP contribution is 2.39. The number of rotatable bonds is 1. The van der Waals surface area contributed by atoms with E-state index in [0.717, 1.165) is 0 Å². The van der Waals surface area contributed by atoms with Crippen LogP contribution in [0.25, 0.3) is 0 Å². The van der Waals surface area contributed by atoms with Crippen LogP contribution in [0, 0.1) is 0 Å². The molecule has 1 atom stereocenters. The first-order valence-corrected chi connectivity index (χ1v) is 5.67. The first-order valence-electron chi connectivity index (χ1n) is 4.37. The van der Waals surface area contributed by atoms with Crippen molar-refractivity contribution >= 4 is 27.5 Å². The minimum atomic E-state index is -4.29. The Morgan fingerprint density at radius 2 is 1.80 bits per heavy atom. The molecule has 0 spiro atoms. The van der Waals surface area contributed by atoms with E-state index in [9.17, 15) is 13.2 Å². The average Bonchev–Trinajstić information content (AvgIpc) is 2.18. The van der Waals surface area contributed by atoms with Crippen molar-refractivity contribution in [1.29, 1.82) is 0 Å². The first-order chi connectivity index (χ1) is 6.91. The number of alkyl halides is 4. The van der Waals surface area contributed by atoms with Gasteiger partial charge in [0.05, 0.1) is 0 Å². The Morgan fingerprint density at radius 1 is 1.27 bits per heavy atom. The molecule has 0 aliphatic heterocycles. The molecule has 0 aliphatic carbocycles. The third kappa shape index (κ3) is 4.89. The molecule has 0 saturated carbocycles. The van der Waals surface area contributed by atoms with E-state index in [0.29, 0.717) is 5.02 Å². The SMILES string of the molecule is CC.FC(F)(F)C(Br)c1cccc(Cl)c1. The van der Waals surface area contributed by atoms with Gasteiger partial charge in [0.1, 0.15) is 4.83 Å². The maximum atomic E-state index is 12.2. The first kappa shape index (κ1) is 14.8. The van der Waals surface area contributed by atoms with Gasteiger partial charge in [0, 0.05) is 5.02 Å². The second kappa shape index (κ2) is 6.38. The van der Waals surface area contributed by atoms with E-state index in [-0.39, 0.29) is 5.56 Å². The fourth-order valence-corrected chi connectivity index (χ4v) is 1.34. The Morgan fingerprint density at radius 3 is 2.20 bits per heavy atom. The largest absolute Gasteiger partial charge is 0.405 e. The second-order valence-corrected chi connectivity index (χ2v) is 3.81. The highest BCUT2D eigenvalue weighted by Gasteiger charge is 2.38. The van der Waals surface area contributed by atoms with Gasteiger partial charge in [-0.3, -0.25) is 0 Å². The summed E-state index contributed by atoms with van der Waals surface area (Å²) >= 11 is 8.11. The van der Waals surface area contributed by atoms with Gasteiger partial charge >= 0.3 is 6.18 Å². The maximum Gasteiger partial charge on any atom is 0.405 e. The van der Waals surface area contributed by atoms with Gasteiger partial charge in [0.25, 0.3) is 0 Å². The molecule has 0 fully saturated rings. The molecule has 1 unspecified atom stereocenters. The van der Waals surface area contributed by atoms with Crippen LogP contribution in [0.3, 0.4) is 0 Å². The van der Waals surface area contributed by atoms with Crippen LogP contribution in [0.2, 0.25) is 5.02 Å². The van der Waals surface area contributed by atoms with Crippen molar-refractivity contribution in [3.8, 4) is 0 Å². The quantitative estimate of drug-likeness (QED) is 0.612. The second-order valence-electron chi connectivity index (χ2n) is 2.46. The Bertz CT molecular complexity index is 299. The Labute approximate surface area is 101 Å². The van der Waals surface area contributed by atoms with E-state index in [2.05, 4.69) is 15.9 Å². The minimum absolute atomic E-state index is 0.111. The molecule has 0 bridgehead atoms. The Hall–Kier alpha value is -0.220. The molecule has 0 aliphatic rings. The third-order valence-electron chi connectivity index (χ3n) is 1.43. The minimum Gasteiger partial charge on any atom is -0.169 e. The summed E-state index contributed by atoms with van der Waals surface area (Å²) in [4.78, 5) is -1.65. The van der Waals surface area contributed by atoms with E-state index in [1.54, 1.807) is 0 Å². The molecule has 0 radical (unpaired) electrons. The molecule has 1 aromatic rings. The van der Waals surface area contributed by atoms with Crippen molar-refractivity contribution in [2.24, 2.45) is 0 Å². The molecule has 0 aromatic heterocycles. The Kier molecular flexibility index (Phi) is 6.29. The molecule has 0 saturated heterocycles. The predicted molar refractivity (Wildman–Crippen MR) is 60.5 cm³/mol. The summed E-state index contributed by atoms with van der Waals surface area (Å²) in [6, 6.07) is 5.67. The van der Waals surface area contributed by atoms with Crippen LogP contribution in [0.1, 0.15) is 24.2 Å². The molecule has 0 heterocycles. The molecule has 1 aromatic carbocycles. The summed E-state index contributed by atoms with van der Waals surface area (Å²) in [5.41, 5.74) is 0.111. The van der Waals surface area contributed by atoms with Crippen molar-refractivity contribution in [3.63, 3.8) is 0 Å². The van der Waals surface area contributed by atoms with Crippen molar-refractivity contribution in [3.05, 3.63) is 34.9 Å². The molecule has 1 rings (SSSR count). The van der Waals surface area contributed by atoms with Gasteiger partial charge in [0.15, 0.2) is 0 Å². The van der Waals surface area contributed by atoms with Crippen LogP contribution in [0.4, 0.5) is 13.2 Å². The van der Waals surface area contributed by atoms with Gasteiger partial charge in [0.2, 0.25) is 0 Å². The zero-order valence-electron chi connectivity index (χ0n) is 8.28. The van der Waals surface area contributed by atoms with Gasteiger partial charge in [-0.05, 0) is 17.7 Å². The van der Waals surface area contributed by atoms with Gasteiger partial charge in [-0.2, -0.15) is 13.2 Å². The predicted octanol–water partition coefficient (Wildman–Crippen LogP) is 5.36. The number of hydrogen-bond acceptors (Lipinski definition) is 0. The Balaban J connectivity index is 0.000000921. The molecule has 86 valence electrons. The van der Waals surface area contributed by atoms with Crippen molar-refractivity contribution in [1.82, 2.24) is 0 Å². The van der Waals surface area contributed by atoms with E-state index >= 15 is 0 Å². The van der Waals surface area contributed by atoms with Gasteiger partial charge in [-0.1, -0.05) is 53.5 Å². The maximum absolute atomic E-state index is 12.2. The zero-order chi connectivity index (χ0) is 12.1. The highest BCUT2D eigenvalue weighted by molar-refractivity contribution is 9.09. The third-order valence-corrected chi connectivity index (χ3v) is 2.71. The number of halogens is 5. The normalized spacial score (nSPS) is 12.7. The molecule has 0 N–H and O–H groups in total. The monoisotopic (exact) mass is 302 g/mol. The van der Waals surface area contributed by atoms with Crippen molar-refractivity contribution in [2.75, 3.05) is 0 Å². The summed E-state index contributed by atoms with van der Waals surface area (Å²) in [7, 11) is 0. The molecular formula is C10H11BrClF3. The van der Waals surface area contributed by atoms with Gasteiger partial charge < -0.3 is 0 Å². The summed E-state index contributed by atoms with van der Waals surface area (Å²) < 4.78 is 36.5. The standard InChI is InChI=1S/C8H5BrClF3.C2H6/c9-7(8(11,12)13)5-2-1-3-6(10)4-5;1-2/h1-4,7H;1-2H3. The number of hydrogen-bond donors (Lipinski definition) is 0. The lowest BCUT2D eigenvalue weighted by atomic mass is 10.1. The lowest BCUT2D eigenvalue weighted by molar-refractivity contribution is -0.128. The number of benzene rings is 1. The average molecular weight is 304 g/mol. The molecule has 5 heteroatoms. The smallest absolute Gasteiger partial charge is 0.169 e. The van der Waals surface area contributed by atoms with Crippen molar-refractivity contribution < 1.29 is 13.2 Å². The van der Waals surface area contributed by atoms with E-state index in [4.69, 9.17) is 11.6 Å². The van der Waals surface area contributed by atoms with Crippen LogP contribution in [-0.2, 0) is 0 Å². The van der Waals surface area contributed by atoms with Gasteiger partial charge in [-0.25, -0.2) is 0 Å². The lowest BCUT2D eigenvalue weighted by Gasteiger charge is -2.13.